The molecule has 130 valence electrons. The van der Waals surface area contributed by atoms with Gasteiger partial charge in [0, 0.05) is 17.7 Å². The second kappa shape index (κ2) is 7.43. The Morgan fingerprint density at radius 3 is 2.17 bits per heavy atom. The molecule has 0 aliphatic heterocycles. The smallest absolute Gasteiger partial charge is 0.308 e. The van der Waals surface area contributed by atoms with Crippen LogP contribution < -0.4 is 18.9 Å². The molecule has 0 aliphatic carbocycles. The van der Waals surface area contributed by atoms with E-state index in [1.54, 1.807) is 0 Å². The maximum atomic E-state index is 11.6. The lowest BCUT2D eigenvalue weighted by atomic mass is 10.0. The van der Waals surface area contributed by atoms with Gasteiger partial charge < -0.3 is 18.9 Å². The highest BCUT2D eigenvalue weighted by molar-refractivity contribution is 6.00. The number of benzene rings is 2. The van der Waals surface area contributed by atoms with Gasteiger partial charge in [-0.1, -0.05) is 31.5 Å². The van der Waals surface area contributed by atoms with Crippen LogP contribution in [-0.2, 0) is 4.79 Å². The lowest BCUT2D eigenvalue weighted by Gasteiger charge is -2.20. The molecule has 0 N–H and O–H groups in total. The quantitative estimate of drug-likeness (QED) is 0.588. The van der Waals surface area contributed by atoms with Gasteiger partial charge in [0.1, 0.15) is 0 Å². The molecule has 24 heavy (non-hydrogen) atoms. The summed E-state index contributed by atoms with van der Waals surface area (Å²) in [7, 11) is 3.05. The second-order valence-corrected chi connectivity index (χ2v) is 6.07. The van der Waals surface area contributed by atoms with E-state index < -0.39 is 5.97 Å². The number of rotatable bonds is 6. The van der Waals surface area contributed by atoms with Crippen LogP contribution in [0.4, 0.5) is 0 Å². The summed E-state index contributed by atoms with van der Waals surface area (Å²) in [5.74, 6) is 1.64. The SMILES string of the molecule is COc1c(OC)c(OC(C)=O)c2cc(C)ccc2c1OCC(C)C. The van der Waals surface area contributed by atoms with Crippen LogP contribution >= 0.6 is 0 Å². The number of fused-ring (bicyclic) bond motifs is 1. The predicted molar refractivity (Wildman–Crippen MR) is 93.4 cm³/mol. The van der Waals surface area contributed by atoms with E-state index in [-0.39, 0.29) is 0 Å². The van der Waals surface area contributed by atoms with Gasteiger partial charge in [-0.15, -0.1) is 0 Å². The van der Waals surface area contributed by atoms with Gasteiger partial charge in [-0.05, 0) is 18.9 Å². The van der Waals surface area contributed by atoms with E-state index in [9.17, 15) is 4.79 Å². The molecule has 0 saturated carbocycles. The monoisotopic (exact) mass is 332 g/mol. The first-order valence-corrected chi connectivity index (χ1v) is 7.88. The minimum absolute atomic E-state index is 0.345. The summed E-state index contributed by atoms with van der Waals surface area (Å²) < 4.78 is 22.4. The highest BCUT2D eigenvalue weighted by Crippen LogP contribution is 2.51. The van der Waals surface area contributed by atoms with Gasteiger partial charge in [0.15, 0.2) is 11.5 Å². The van der Waals surface area contributed by atoms with Gasteiger partial charge >= 0.3 is 5.97 Å². The highest BCUT2D eigenvalue weighted by Gasteiger charge is 2.25. The standard InChI is InChI=1S/C19H24O5/c1-11(2)10-23-16-14-8-7-12(3)9-15(14)17(24-13(4)20)19(22-6)18(16)21-5/h7-9,11H,10H2,1-6H3. The highest BCUT2D eigenvalue weighted by atomic mass is 16.6. The molecule has 0 fully saturated rings. The fourth-order valence-corrected chi connectivity index (χ4v) is 2.50. The average Bonchev–Trinajstić information content (AvgIpc) is 2.52. The van der Waals surface area contributed by atoms with E-state index in [1.165, 1.54) is 21.1 Å². The molecule has 2 aromatic rings. The van der Waals surface area contributed by atoms with Crippen LogP contribution in [-0.4, -0.2) is 26.8 Å². The van der Waals surface area contributed by atoms with E-state index in [4.69, 9.17) is 18.9 Å². The van der Waals surface area contributed by atoms with Crippen LogP contribution in [0.3, 0.4) is 0 Å². The van der Waals surface area contributed by atoms with Crippen LogP contribution in [0.2, 0.25) is 0 Å². The van der Waals surface area contributed by atoms with E-state index >= 15 is 0 Å². The molecule has 0 atom stereocenters. The largest absolute Gasteiger partial charge is 0.490 e. The van der Waals surface area contributed by atoms with Crippen molar-refractivity contribution in [1.29, 1.82) is 0 Å². The van der Waals surface area contributed by atoms with Crippen molar-refractivity contribution in [3.63, 3.8) is 0 Å². The Balaban J connectivity index is 2.81. The van der Waals surface area contributed by atoms with Crippen LogP contribution in [0.25, 0.3) is 10.8 Å². The van der Waals surface area contributed by atoms with Crippen molar-refractivity contribution in [2.24, 2.45) is 5.92 Å². The minimum Gasteiger partial charge on any atom is -0.490 e. The predicted octanol–water partition coefficient (Wildman–Crippen LogP) is 4.13. The summed E-state index contributed by atoms with van der Waals surface area (Å²) >= 11 is 0. The topological polar surface area (TPSA) is 54.0 Å². The molecule has 0 amide bonds. The molecule has 0 heterocycles. The Kier molecular flexibility index (Phi) is 5.54. The van der Waals surface area contributed by atoms with Crippen LogP contribution in [0.1, 0.15) is 26.3 Å². The van der Waals surface area contributed by atoms with E-state index in [1.807, 2.05) is 25.1 Å². The second-order valence-electron chi connectivity index (χ2n) is 6.07. The molecule has 0 aliphatic rings. The maximum absolute atomic E-state index is 11.6. The molecular weight excluding hydrogens is 308 g/mol. The summed E-state index contributed by atoms with van der Waals surface area (Å²) in [4.78, 5) is 11.6. The Morgan fingerprint density at radius 2 is 1.62 bits per heavy atom. The third-order valence-corrected chi connectivity index (χ3v) is 3.50. The molecule has 0 radical (unpaired) electrons. The Hall–Kier alpha value is -2.43. The van der Waals surface area contributed by atoms with Crippen molar-refractivity contribution in [2.75, 3.05) is 20.8 Å². The van der Waals surface area contributed by atoms with Crippen molar-refractivity contribution < 1.29 is 23.7 Å². The number of carbonyl (C=O) groups is 1. The first kappa shape index (κ1) is 17.9. The van der Waals surface area contributed by atoms with Crippen molar-refractivity contribution >= 4 is 16.7 Å². The number of methoxy groups -OCH3 is 2. The third kappa shape index (κ3) is 3.55. The summed E-state index contributed by atoms with van der Waals surface area (Å²) in [6.07, 6.45) is 0. The van der Waals surface area contributed by atoms with Crippen LogP contribution in [0.5, 0.6) is 23.0 Å². The van der Waals surface area contributed by atoms with Gasteiger partial charge in [0.2, 0.25) is 11.5 Å². The van der Waals surface area contributed by atoms with Gasteiger partial charge in [0.25, 0.3) is 0 Å². The molecule has 5 nitrogen and oxygen atoms in total. The molecule has 0 unspecified atom stereocenters. The lowest BCUT2D eigenvalue weighted by molar-refractivity contribution is -0.131. The van der Waals surface area contributed by atoms with Crippen LogP contribution in [0, 0.1) is 12.8 Å². The molecule has 0 aromatic heterocycles. The Bertz CT molecular complexity index is 749. The number of ether oxygens (including phenoxy) is 4. The van der Waals surface area contributed by atoms with Crippen molar-refractivity contribution in [1.82, 2.24) is 0 Å². The van der Waals surface area contributed by atoms with Gasteiger partial charge in [-0.25, -0.2) is 0 Å². The molecule has 0 spiro atoms. The number of hydrogen-bond acceptors (Lipinski definition) is 5. The number of esters is 1. The third-order valence-electron chi connectivity index (χ3n) is 3.50. The molecule has 2 rings (SSSR count). The zero-order valence-corrected chi connectivity index (χ0v) is 15.1. The molecule has 0 bridgehead atoms. The summed E-state index contributed by atoms with van der Waals surface area (Å²) in [6, 6.07) is 5.86. The van der Waals surface area contributed by atoms with Gasteiger partial charge in [-0.2, -0.15) is 0 Å². The summed E-state index contributed by atoms with van der Waals surface area (Å²) in [6.45, 7) is 8.01. The number of aryl methyl sites for hydroxylation is 1. The Morgan fingerprint density at radius 1 is 1.00 bits per heavy atom. The zero-order valence-electron chi connectivity index (χ0n) is 15.1. The van der Waals surface area contributed by atoms with Crippen molar-refractivity contribution in [3.8, 4) is 23.0 Å². The lowest BCUT2D eigenvalue weighted by Crippen LogP contribution is -2.09. The van der Waals surface area contributed by atoms with E-state index in [0.29, 0.717) is 35.5 Å². The van der Waals surface area contributed by atoms with Gasteiger partial charge in [0.05, 0.1) is 20.8 Å². The summed E-state index contributed by atoms with van der Waals surface area (Å²) in [5.41, 5.74) is 1.04. The van der Waals surface area contributed by atoms with Gasteiger partial charge in [-0.3, -0.25) is 4.79 Å². The minimum atomic E-state index is -0.422. The van der Waals surface area contributed by atoms with Crippen LogP contribution in [0.15, 0.2) is 18.2 Å². The molecule has 5 heteroatoms. The Labute approximate surface area is 142 Å². The maximum Gasteiger partial charge on any atom is 0.308 e. The first-order valence-electron chi connectivity index (χ1n) is 7.88. The zero-order chi connectivity index (χ0) is 17.9. The van der Waals surface area contributed by atoms with E-state index in [2.05, 4.69) is 13.8 Å². The molecular formula is C19H24O5. The van der Waals surface area contributed by atoms with Crippen molar-refractivity contribution in [2.45, 2.75) is 27.7 Å². The average molecular weight is 332 g/mol. The number of carbonyl (C=O) groups excluding carboxylic acids is 1. The fourth-order valence-electron chi connectivity index (χ4n) is 2.50. The molecule has 2 aromatic carbocycles. The normalized spacial score (nSPS) is 10.8. The molecule has 0 saturated heterocycles. The summed E-state index contributed by atoms with van der Waals surface area (Å²) in [5, 5.41) is 1.57. The first-order chi connectivity index (χ1) is 11.4. The fraction of sp³-hybridized carbons (Fsp3) is 0.421. The van der Waals surface area contributed by atoms with E-state index in [0.717, 1.165) is 16.3 Å². The number of hydrogen-bond donors (Lipinski definition) is 0. The van der Waals surface area contributed by atoms with Crippen molar-refractivity contribution in [3.05, 3.63) is 23.8 Å².